The monoisotopic (exact) mass is 386 g/mol. The number of hydrogen-bond donors (Lipinski definition) is 0. The molecule has 0 amide bonds. The van der Waals surface area contributed by atoms with E-state index in [0.29, 0.717) is 22.6 Å². The molecule has 2 aromatic rings. The number of sulfone groups is 1. The zero-order valence-electron chi connectivity index (χ0n) is 15.5. The molecular weight excluding hydrogens is 368 g/mol. The van der Waals surface area contributed by atoms with Crippen LogP contribution in [0, 0.1) is 17.9 Å². The molecule has 28 heavy (non-hydrogen) atoms. The summed E-state index contributed by atoms with van der Waals surface area (Å²) < 4.78 is 26.7. The molecule has 0 radical (unpaired) electrons. The molecule has 0 aromatic heterocycles. The van der Waals surface area contributed by atoms with Crippen LogP contribution in [0.1, 0.15) is 36.5 Å². The summed E-state index contributed by atoms with van der Waals surface area (Å²) in [6, 6.07) is 17.9. The van der Waals surface area contributed by atoms with Gasteiger partial charge in [-0.3, -0.25) is 0 Å². The predicted molar refractivity (Wildman–Crippen MR) is 111 cm³/mol. The Hall–Kier alpha value is -3.41. The van der Waals surface area contributed by atoms with Gasteiger partial charge in [-0.05, 0) is 40.3 Å². The molecule has 1 heterocycles. The molecule has 0 saturated carbocycles. The van der Waals surface area contributed by atoms with Crippen molar-refractivity contribution in [3.05, 3.63) is 106 Å². The quantitative estimate of drug-likeness (QED) is 0.530. The highest BCUT2D eigenvalue weighted by molar-refractivity contribution is 8.09. The van der Waals surface area contributed by atoms with E-state index < -0.39 is 9.84 Å². The normalized spacial score (nSPS) is 17.2. The summed E-state index contributed by atoms with van der Waals surface area (Å²) in [7, 11) is -3.81. The van der Waals surface area contributed by atoms with Crippen LogP contribution >= 0.6 is 0 Å². The Morgan fingerprint density at radius 1 is 0.964 bits per heavy atom. The van der Waals surface area contributed by atoms with E-state index in [-0.39, 0.29) is 15.5 Å². The lowest BCUT2D eigenvalue weighted by Gasteiger charge is -2.19. The Labute approximate surface area is 165 Å². The Morgan fingerprint density at radius 2 is 1.50 bits per heavy atom. The van der Waals surface area contributed by atoms with Crippen LogP contribution in [0.15, 0.2) is 78.0 Å². The van der Waals surface area contributed by atoms with Gasteiger partial charge in [0.2, 0.25) is 9.84 Å². The van der Waals surface area contributed by atoms with Crippen molar-refractivity contribution in [2.75, 3.05) is 0 Å². The Kier molecular flexibility index (Phi) is 5.31. The fourth-order valence-electron chi connectivity index (χ4n) is 3.00. The van der Waals surface area contributed by atoms with Crippen LogP contribution in [0.2, 0.25) is 0 Å². The Morgan fingerprint density at radius 3 is 1.96 bits per heavy atom. The van der Waals surface area contributed by atoms with Crippen molar-refractivity contribution >= 4 is 19.6 Å². The van der Waals surface area contributed by atoms with E-state index in [0.717, 1.165) is 5.56 Å². The summed E-state index contributed by atoms with van der Waals surface area (Å²) >= 11 is 0. The highest BCUT2D eigenvalue weighted by Gasteiger charge is 2.30. The van der Waals surface area contributed by atoms with E-state index in [1.54, 1.807) is 42.5 Å². The largest absolute Gasteiger partial charge is 0.269 e. The van der Waals surface area contributed by atoms with Gasteiger partial charge in [-0.25, -0.2) is 18.5 Å². The van der Waals surface area contributed by atoms with Gasteiger partial charge in [-0.15, -0.1) is 0 Å². The van der Waals surface area contributed by atoms with Gasteiger partial charge >= 0.3 is 0 Å². The van der Waals surface area contributed by atoms with Gasteiger partial charge in [0.1, 0.15) is 0 Å². The van der Waals surface area contributed by atoms with Crippen LogP contribution in [0.4, 0.5) is 0 Å². The third-order valence-electron chi connectivity index (χ3n) is 4.56. The molecule has 5 heteroatoms. The van der Waals surface area contributed by atoms with Gasteiger partial charge in [-0.2, -0.15) is 0 Å². The Balaban J connectivity index is 2.26. The van der Waals surface area contributed by atoms with Crippen molar-refractivity contribution in [1.29, 1.82) is 5.26 Å². The minimum atomic E-state index is -3.81. The maximum Gasteiger partial charge on any atom is 0.269 e. The van der Waals surface area contributed by atoms with E-state index in [1.807, 2.05) is 18.2 Å². The van der Waals surface area contributed by atoms with Crippen LogP contribution in [-0.2, 0) is 9.84 Å². The summed E-state index contributed by atoms with van der Waals surface area (Å²) in [4.78, 5) is 3.44. The standard InChI is InChI=1S/C23H18N2O2S/c1-16(2)17-9-11-19(12-10-17)23-14-20(21(15-24)25-3)13-22(28(23,26)27)18-7-5-4-6-8-18/h4-14,16H,1-2H3. The predicted octanol–water partition coefficient (Wildman–Crippen LogP) is 5.32. The number of allylic oxidation sites excluding steroid dienone is 4. The summed E-state index contributed by atoms with van der Waals surface area (Å²) in [5.41, 5.74) is 2.32. The van der Waals surface area contributed by atoms with Gasteiger partial charge in [0.05, 0.1) is 22.5 Å². The van der Waals surface area contributed by atoms with Crippen molar-refractivity contribution in [3.8, 4) is 6.07 Å². The number of rotatable bonds is 3. The Bertz CT molecular complexity index is 1170. The van der Waals surface area contributed by atoms with E-state index in [4.69, 9.17) is 6.57 Å². The molecule has 1 aliphatic rings. The molecule has 4 nitrogen and oxygen atoms in total. The first-order valence-corrected chi connectivity index (χ1v) is 10.2. The molecule has 0 saturated heterocycles. The molecule has 1 aliphatic heterocycles. The van der Waals surface area contributed by atoms with Gasteiger partial charge in [0.25, 0.3) is 5.70 Å². The lowest BCUT2D eigenvalue weighted by molar-refractivity contribution is 0.614. The smallest absolute Gasteiger partial charge is 0.226 e. The van der Waals surface area contributed by atoms with Gasteiger partial charge in [0, 0.05) is 0 Å². The van der Waals surface area contributed by atoms with Crippen LogP contribution < -0.4 is 0 Å². The lowest BCUT2D eigenvalue weighted by atomic mass is 10.0. The maximum absolute atomic E-state index is 13.4. The number of nitriles is 1. The fourth-order valence-corrected chi connectivity index (χ4v) is 4.69. The van der Waals surface area contributed by atoms with Crippen molar-refractivity contribution in [2.45, 2.75) is 19.8 Å². The van der Waals surface area contributed by atoms with Crippen LogP contribution in [0.3, 0.4) is 0 Å². The van der Waals surface area contributed by atoms with Crippen molar-refractivity contribution in [1.82, 2.24) is 0 Å². The summed E-state index contributed by atoms with van der Waals surface area (Å²) in [5.74, 6) is 0.327. The molecule has 138 valence electrons. The minimum absolute atomic E-state index is 0.0879. The van der Waals surface area contributed by atoms with Gasteiger partial charge in [0.15, 0.2) is 0 Å². The number of benzene rings is 2. The zero-order valence-corrected chi connectivity index (χ0v) is 16.4. The molecular formula is C23H18N2O2S. The molecule has 0 N–H and O–H groups in total. The van der Waals surface area contributed by atoms with Crippen molar-refractivity contribution < 1.29 is 8.42 Å². The molecule has 2 aromatic carbocycles. The van der Waals surface area contributed by atoms with Crippen LogP contribution in [0.5, 0.6) is 0 Å². The van der Waals surface area contributed by atoms with E-state index in [9.17, 15) is 13.7 Å². The third-order valence-corrected chi connectivity index (χ3v) is 6.43. The average molecular weight is 386 g/mol. The summed E-state index contributed by atoms with van der Waals surface area (Å²) in [6.45, 7) is 11.4. The summed E-state index contributed by atoms with van der Waals surface area (Å²) in [6.07, 6.45) is 2.83. The molecule has 3 rings (SSSR count). The van der Waals surface area contributed by atoms with Gasteiger partial charge < -0.3 is 0 Å². The number of nitrogens with zero attached hydrogens (tertiary/aromatic N) is 2. The average Bonchev–Trinajstić information content (AvgIpc) is 2.70. The topological polar surface area (TPSA) is 62.3 Å². The maximum atomic E-state index is 13.4. The highest BCUT2D eigenvalue weighted by atomic mass is 32.2. The molecule has 0 atom stereocenters. The van der Waals surface area contributed by atoms with Gasteiger partial charge in [-0.1, -0.05) is 68.4 Å². The SMILES string of the molecule is [C-]#[N+]C(C#N)=C1C=C(c2ccccc2)S(=O)(=O)C(c2ccc(C(C)C)cc2)=C1. The van der Waals surface area contributed by atoms with Crippen LogP contribution in [0.25, 0.3) is 14.7 Å². The minimum Gasteiger partial charge on any atom is -0.226 e. The lowest BCUT2D eigenvalue weighted by Crippen LogP contribution is -2.11. The second-order valence-corrected chi connectivity index (χ2v) is 8.58. The zero-order chi connectivity index (χ0) is 20.3. The molecule has 0 unspecified atom stereocenters. The van der Waals surface area contributed by atoms with E-state index in [1.165, 1.54) is 12.2 Å². The third kappa shape index (κ3) is 3.53. The first-order chi connectivity index (χ1) is 13.4. The molecule has 0 spiro atoms. The molecule has 0 aliphatic carbocycles. The fraction of sp³-hybridized carbons (Fsp3) is 0.130. The number of hydrogen-bond acceptors (Lipinski definition) is 3. The van der Waals surface area contributed by atoms with Crippen molar-refractivity contribution in [2.24, 2.45) is 0 Å². The summed E-state index contributed by atoms with van der Waals surface area (Å²) in [5, 5.41) is 9.29. The van der Waals surface area contributed by atoms with Crippen LogP contribution in [-0.4, -0.2) is 8.42 Å². The molecule has 0 fully saturated rings. The first-order valence-electron chi connectivity index (χ1n) is 8.74. The highest BCUT2D eigenvalue weighted by Crippen LogP contribution is 2.39. The van der Waals surface area contributed by atoms with Crippen molar-refractivity contribution in [3.63, 3.8) is 0 Å². The second kappa shape index (κ2) is 7.68. The first kappa shape index (κ1) is 19.4. The second-order valence-electron chi connectivity index (χ2n) is 6.69. The van der Waals surface area contributed by atoms with E-state index in [2.05, 4.69) is 18.7 Å². The van der Waals surface area contributed by atoms with E-state index >= 15 is 0 Å². The molecule has 0 bridgehead atoms.